The molecule has 2 rings (SSSR count). The SMILES string of the molecule is COc1cccc(S(=O)(=O)Nc2ccccc2C(C)O)c1. The summed E-state index contributed by atoms with van der Waals surface area (Å²) in [6.45, 7) is 1.58. The van der Waals surface area contributed by atoms with Crippen molar-refractivity contribution in [1.29, 1.82) is 0 Å². The number of aliphatic hydroxyl groups excluding tert-OH is 1. The van der Waals surface area contributed by atoms with Crippen molar-refractivity contribution in [2.24, 2.45) is 0 Å². The van der Waals surface area contributed by atoms with Crippen molar-refractivity contribution in [3.05, 3.63) is 54.1 Å². The van der Waals surface area contributed by atoms with Gasteiger partial charge in [-0.1, -0.05) is 24.3 Å². The Labute approximate surface area is 124 Å². The highest BCUT2D eigenvalue weighted by atomic mass is 32.2. The minimum Gasteiger partial charge on any atom is -0.497 e. The number of hydrogen-bond donors (Lipinski definition) is 2. The Kier molecular flexibility index (Phi) is 4.50. The maximum Gasteiger partial charge on any atom is 0.262 e. The lowest BCUT2D eigenvalue weighted by Crippen LogP contribution is -2.14. The standard InChI is InChI=1S/C15H17NO4S/c1-11(17)14-8-3-4-9-15(14)16-21(18,19)13-7-5-6-12(10-13)20-2/h3-11,16-17H,1-2H3. The molecule has 0 bridgehead atoms. The van der Waals surface area contributed by atoms with Crippen LogP contribution in [0.25, 0.3) is 0 Å². The van der Waals surface area contributed by atoms with Gasteiger partial charge in [0.2, 0.25) is 0 Å². The molecule has 2 aromatic rings. The fourth-order valence-corrected chi connectivity index (χ4v) is 3.05. The summed E-state index contributed by atoms with van der Waals surface area (Å²) < 4.78 is 32.3. The summed E-state index contributed by atoms with van der Waals surface area (Å²) in [5.74, 6) is 0.460. The van der Waals surface area contributed by atoms with Crippen molar-refractivity contribution in [2.45, 2.75) is 17.9 Å². The van der Waals surface area contributed by atoms with Crippen LogP contribution < -0.4 is 9.46 Å². The van der Waals surface area contributed by atoms with Gasteiger partial charge in [0, 0.05) is 11.6 Å². The lowest BCUT2D eigenvalue weighted by Gasteiger charge is -2.14. The first-order chi connectivity index (χ1) is 9.94. The summed E-state index contributed by atoms with van der Waals surface area (Å²) in [5.41, 5.74) is 0.874. The molecule has 5 nitrogen and oxygen atoms in total. The van der Waals surface area contributed by atoms with Crippen LogP contribution in [0.4, 0.5) is 5.69 Å². The highest BCUT2D eigenvalue weighted by Gasteiger charge is 2.17. The van der Waals surface area contributed by atoms with Gasteiger partial charge in [0.15, 0.2) is 0 Å². The molecule has 0 spiro atoms. The number of ether oxygens (including phenoxy) is 1. The second kappa shape index (κ2) is 6.15. The maximum atomic E-state index is 12.4. The predicted molar refractivity (Wildman–Crippen MR) is 80.9 cm³/mol. The number of sulfonamides is 1. The van der Waals surface area contributed by atoms with Gasteiger partial charge in [-0.15, -0.1) is 0 Å². The molecule has 0 saturated carbocycles. The molecule has 6 heteroatoms. The molecule has 0 aliphatic carbocycles. The van der Waals surface area contributed by atoms with Crippen LogP contribution in [-0.2, 0) is 10.0 Å². The molecule has 0 fully saturated rings. The first-order valence-electron chi connectivity index (χ1n) is 6.38. The Morgan fingerprint density at radius 2 is 1.86 bits per heavy atom. The van der Waals surface area contributed by atoms with Crippen LogP contribution in [0.1, 0.15) is 18.6 Å². The smallest absolute Gasteiger partial charge is 0.262 e. The molecule has 0 aliphatic heterocycles. The number of nitrogens with one attached hydrogen (secondary N) is 1. The number of methoxy groups -OCH3 is 1. The van der Waals surface area contributed by atoms with Gasteiger partial charge in [0.05, 0.1) is 23.8 Å². The molecule has 0 radical (unpaired) electrons. The Morgan fingerprint density at radius 3 is 2.52 bits per heavy atom. The molecule has 1 unspecified atom stereocenters. The lowest BCUT2D eigenvalue weighted by molar-refractivity contribution is 0.200. The minimum absolute atomic E-state index is 0.0993. The number of hydrogen-bond acceptors (Lipinski definition) is 4. The topological polar surface area (TPSA) is 75.6 Å². The van der Waals surface area contributed by atoms with Gasteiger partial charge in [0.1, 0.15) is 5.75 Å². The summed E-state index contributed by atoms with van der Waals surface area (Å²) in [6.07, 6.45) is -0.769. The van der Waals surface area contributed by atoms with E-state index in [4.69, 9.17) is 4.74 Å². The maximum absolute atomic E-state index is 12.4. The number of aliphatic hydroxyl groups is 1. The fourth-order valence-electron chi connectivity index (χ4n) is 1.93. The molecule has 0 saturated heterocycles. The molecule has 0 aromatic heterocycles. The van der Waals surface area contributed by atoms with Gasteiger partial charge in [-0.05, 0) is 25.1 Å². The van der Waals surface area contributed by atoms with E-state index < -0.39 is 16.1 Å². The fraction of sp³-hybridized carbons (Fsp3) is 0.200. The zero-order valence-electron chi connectivity index (χ0n) is 11.8. The van der Waals surface area contributed by atoms with Crippen molar-refractivity contribution >= 4 is 15.7 Å². The van der Waals surface area contributed by atoms with E-state index in [1.807, 2.05) is 0 Å². The summed E-state index contributed by atoms with van der Waals surface area (Å²) >= 11 is 0. The lowest BCUT2D eigenvalue weighted by atomic mass is 10.1. The zero-order valence-corrected chi connectivity index (χ0v) is 12.6. The number of anilines is 1. The first-order valence-corrected chi connectivity index (χ1v) is 7.86. The van der Waals surface area contributed by atoms with E-state index in [-0.39, 0.29) is 4.90 Å². The van der Waals surface area contributed by atoms with Crippen LogP contribution in [-0.4, -0.2) is 20.6 Å². The number of benzene rings is 2. The molecule has 0 amide bonds. The summed E-state index contributed by atoms with van der Waals surface area (Å²) in [4.78, 5) is 0.0993. The predicted octanol–water partition coefficient (Wildman–Crippen LogP) is 2.55. The van der Waals surface area contributed by atoms with Crippen molar-refractivity contribution < 1.29 is 18.3 Å². The Bertz CT molecular complexity index is 726. The third-order valence-electron chi connectivity index (χ3n) is 3.01. The Morgan fingerprint density at radius 1 is 1.14 bits per heavy atom. The van der Waals surface area contributed by atoms with E-state index in [2.05, 4.69) is 4.72 Å². The monoisotopic (exact) mass is 307 g/mol. The molecule has 21 heavy (non-hydrogen) atoms. The van der Waals surface area contributed by atoms with Crippen LogP contribution in [0.2, 0.25) is 0 Å². The van der Waals surface area contributed by atoms with Crippen LogP contribution in [0.15, 0.2) is 53.4 Å². The van der Waals surface area contributed by atoms with E-state index in [0.29, 0.717) is 17.0 Å². The van der Waals surface area contributed by atoms with Crippen molar-refractivity contribution in [3.8, 4) is 5.75 Å². The average Bonchev–Trinajstić information content (AvgIpc) is 2.47. The van der Waals surface area contributed by atoms with Gasteiger partial charge in [-0.2, -0.15) is 0 Å². The molecular formula is C15H17NO4S. The van der Waals surface area contributed by atoms with Crippen LogP contribution >= 0.6 is 0 Å². The highest BCUT2D eigenvalue weighted by molar-refractivity contribution is 7.92. The first kappa shape index (κ1) is 15.3. The van der Waals surface area contributed by atoms with E-state index in [1.165, 1.54) is 19.2 Å². The Hall–Kier alpha value is -2.05. The molecule has 112 valence electrons. The zero-order chi connectivity index (χ0) is 15.5. The molecule has 0 aliphatic rings. The largest absolute Gasteiger partial charge is 0.497 e. The third kappa shape index (κ3) is 3.53. The molecule has 1 atom stereocenters. The highest BCUT2D eigenvalue weighted by Crippen LogP contribution is 2.26. The van der Waals surface area contributed by atoms with Crippen LogP contribution in [0, 0.1) is 0 Å². The molecule has 2 aromatic carbocycles. The van der Waals surface area contributed by atoms with Gasteiger partial charge in [0.25, 0.3) is 10.0 Å². The van der Waals surface area contributed by atoms with E-state index >= 15 is 0 Å². The van der Waals surface area contributed by atoms with Crippen LogP contribution in [0.3, 0.4) is 0 Å². The van der Waals surface area contributed by atoms with Gasteiger partial charge >= 0.3 is 0 Å². The van der Waals surface area contributed by atoms with Crippen molar-refractivity contribution in [3.63, 3.8) is 0 Å². The van der Waals surface area contributed by atoms with E-state index in [0.717, 1.165) is 0 Å². The second-order valence-corrected chi connectivity index (χ2v) is 6.23. The van der Waals surface area contributed by atoms with E-state index in [9.17, 15) is 13.5 Å². The van der Waals surface area contributed by atoms with Gasteiger partial charge in [-0.25, -0.2) is 8.42 Å². The third-order valence-corrected chi connectivity index (χ3v) is 4.37. The molecule has 0 heterocycles. The van der Waals surface area contributed by atoms with Gasteiger partial charge < -0.3 is 9.84 Å². The van der Waals surface area contributed by atoms with Crippen molar-refractivity contribution in [2.75, 3.05) is 11.8 Å². The quantitative estimate of drug-likeness (QED) is 0.890. The van der Waals surface area contributed by atoms with Crippen LogP contribution in [0.5, 0.6) is 5.75 Å². The average molecular weight is 307 g/mol. The number of rotatable bonds is 5. The minimum atomic E-state index is -3.74. The van der Waals surface area contributed by atoms with E-state index in [1.54, 1.807) is 43.3 Å². The summed E-state index contributed by atoms with van der Waals surface area (Å²) in [6, 6.07) is 12.9. The number of para-hydroxylation sites is 1. The Balaban J connectivity index is 2.38. The summed E-state index contributed by atoms with van der Waals surface area (Å²) in [5, 5.41) is 9.70. The second-order valence-electron chi connectivity index (χ2n) is 4.55. The molecule has 2 N–H and O–H groups in total. The normalized spacial score (nSPS) is 12.7. The van der Waals surface area contributed by atoms with Gasteiger partial charge in [-0.3, -0.25) is 4.72 Å². The summed E-state index contributed by atoms with van der Waals surface area (Å²) in [7, 11) is -2.27. The molecular weight excluding hydrogens is 290 g/mol. The van der Waals surface area contributed by atoms with Crippen molar-refractivity contribution in [1.82, 2.24) is 0 Å².